The molecule has 1 saturated carbocycles. The SMILES string of the molecule is CCCn1ccnc1CC(N)C1CCC(CC)CC1. The Bertz CT molecular complexity index is 364. The molecule has 1 aromatic rings. The van der Waals surface area contributed by atoms with Crippen molar-refractivity contribution >= 4 is 0 Å². The van der Waals surface area contributed by atoms with Crippen LogP contribution in [0.1, 0.15) is 58.2 Å². The number of rotatable bonds is 6. The van der Waals surface area contributed by atoms with Crippen molar-refractivity contribution in [1.29, 1.82) is 0 Å². The number of nitrogens with zero attached hydrogens (tertiary/aromatic N) is 2. The van der Waals surface area contributed by atoms with Crippen LogP contribution >= 0.6 is 0 Å². The highest BCUT2D eigenvalue weighted by Crippen LogP contribution is 2.32. The third-order valence-corrected chi connectivity index (χ3v) is 4.76. The lowest BCUT2D eigenvalue weighted by Crippen LogP contribution is -2.35. The maximum Gasteiger partial charge on any atom is 0.110 e. The fraction of sp³-hybridized carbons (Fsp3) is 0.812. The smallest absolute Gasteiger partial charge is 0.110 e. The Balaban J connectivity index is 1.87. The molecule has 2 rings (SSSR count). The molecule has 1 heterocycles. The number of nitrogens with two attached hydrogens (primary N) is 1. The Morgan fingerprint density at radius 2 is 2.05 bits per heavy atom. The van der Waals surface area contributed by atoms with Gasteiger partial charge < -0.3 is 10.3 Å². The first-order valence-corrected chi connectivity index (χ1v) is 8.00. The van der Waals surface area contributed by atoms with Crippen LogP contribution in [0.3, 0.4) is 0 Å². The molecule has 1 atom stereocenters. The van der Waals surface area contributed by atoms with Gasteiger partial charge in [-0.15, -0.1) is 0 Å². The summed E-state index contributed by atoms with van der Waals surface area (Å²) in [6, 6.07) is 0.288. The van der Waals surface area contributed by atoms with E-state index < -0.39 is 0 Å². The molecule has 0 radical (unpaired) electrons. The van der Waals surface area contributed by atoms with E-state index in [-0.39, 0.29) is 6.04 Å². The van der Waals surface area contributed by atoms with E-state index in [1.165, 1.54) is 37.9 Å². The van der Waals surface area contributed by atoms with E-state index in [4.69, 9.17) is 5.73 Å². The van der Waals surface area contributed by atoms with Gasteiger partial charge in [-0.3, -0.25) is 0 Å². The van der Waals surface area contributed by atoms with Gasteiger partial charge in [0, 0.05) is 31.4 Å². The van der Waals surface area contributed by atoms with E-state index in [1.54, 1.807) is 0 Å². The maximum absolute atomic E-state index is 6.44. The minimum Gasteiger partial charge on any atom is -0.335 e. The summed E-state index contributed by atoms with van der Waals surface area (Å²) >= 11 is 0. The van der Waals surface area contributed by atoms with Crippen molar-refractivity contribution in [2.24, 2.45) is 17.6 Å². The normalized spacial score (nSPS) is 25.4. The van der Waals surface area contributed by atoms with Crippen LogP contribution < -0.4 is 5.73 Å². The van der Waals surface area contributed by atoms with Crippen LogP contribution in [0.2, 0.25) is 0 Å². The predicted molar refractivity (Wildman–Crippen MR) is 79.9 cm³/mol. The van der Waals surface area contributed by atoms with Crippen molar-refractivity contribution < 1.29 is 0 Å². The van der Waals surface area contributed by atoms with Crippen LogP contribution in [0.5, 0.6) is 0 Å². The molecule has 2 N–H and O–H groups in total. The third-order valence-electron chi connectivity index (χ3n) is 4.76. The standard InChI is InChI=1S/C16H29N3/c1-3-10-19-11-9-18-16(19)12-15(17)14-7-5-13(4-2)6-8-14/h9,11,13-15H,3-8,10,12,17H2,1-2H3. The predicted octanol–water partition coefficient (Wildman–Crippen LogP) is 3.38. The van der Waals surface area contributed by atoms with Crippen molar-refractivity contribution in [1.82, 2.24) is 9.55 Å². The van der Waals surface area contributed by atoms with Gasteiger partial charge in [0.1, 0.15) is 5.82 Å². The Hall–Kier alpha value is -0.830. The Morgan fingerprint density at radius 1 is 1.32 bits per heavy atom. The molecule has 0 spiro atoms. The summed E-state index contributed by atoms with van der Waals surface area (Å²) in [4.78, 5) is 4.48. The highest BCUT2D eigenvalue weighted by Gasteiger charge is 2.25. The molecule has 1 fully saturated rings. The van der Waals surface area contributed by atoms with Crippen molar-refractivity contribution in [3.8, 4) is 0 Å². The minimum absolute atomic E-state index is 0.288. The molecule has 1 aliphatic rings. The van der Waals surface area contributed by atoms with Gasteiger partial charge in [0.25, 0.3) is 0 Å². The molecule has 0 aliphatic heterocycles. The lowest BCUT2D eigenvalue weighted by atomic mass is 9.77. The monoisotopic (exact) mass is 263 g/mol. The maximum atomic E-state index is 6.44. The van der Waals surface area contributed by atoms with Gasteiger partial charge in [-0.2, -0.15) is 0 Å². The van der Waals surface area contributed by atoms with Crippen LogP contribution in [0.4, 0.5) is 0 Å². The van der Waals surface area contributed by atoms with Crippen molar-refractivity contribution in [3.05, 3.63) is 18.2 Å². The highest BCUT2D eigenvalue weighted by molar-refractivity contribution is 4.97. The fourth-order valence-electron chi connectivity index (χ4n) is 3.38. The molecule has 1 aromatic heterocycles. The van der Waals surface area contributed by atoms with Gasteiger partial charge >= 0.3 is 0 Å². The van der Waals surface area contributed by atoms with Gasteiger partial charge in [-0.25, -0.2) is 4.98 Å². The highest BCUT2D eigenvalue weighted by atomic mass is 15.1. The van der Waals surface area contributed by atoms with Crippen molar-refractivity contribution in [3.63, 3.8) is 0 Å². The van der Waals surface area contributed by atoms with E-state index in [0.717, 1.165) is 25.3 Å². The summed E-state index contributed by atoms with van der Waals surface area (Å²) < 4.78 is 2.26. The van der Waals surface area contributed by atoms with Gasteiger partial charge in [-0.05, 0) is 31.1 Å². The lowest BCUT2D eigenvalue weighted by Gasteiger charge is -2.31. The summed E-state index contributed by atoms with van der Waals surface area (Å²) in [7, 11) is 0. The molecule has 1 aliphatic carbocycles. The first kappa shape index (κ1) is 14.6. The average Bonchev–Trinajstić information content (AvgIpc) is 2.86. The minimum atomic E-state index is 0.288. The Morgan fingerprint density at radius 3 is 2.68 bits per heavy atom. The zero-order valence-corrected chi connectivity index (χ0v) is 12.5. The third kappa shape index (κ3) is 3.82. The van der Waals surface area contributed by atoms with E-state index in [9.17, 15) is 0 Å². The molecule has 0 aromatic carbocycles. The Kier molecular flexibility index (Phi) is 5.44. The van der Waals surface area contributed by atoms with Gasteiger partial charge in [0.2, 0.25) is 0 Å². The molecule has 3 nitrogen and oxygen atoms in total. The second-order valence-corrected chi connectivity index (χ2v) is 6.09. The molecular formula is C16H29N3. The van der Waals surface area contributed by atoms with Crippen LogP contribution in [0, 0.1) is 11.8 Å². The van der Waals surface area contributed by atoms with E-state index in [1.807, 2.05) is 6.20 Å². The molecule has 108 valence electrons. The summed E-state index contributed by atoms with van der Waals surface area (Å²) in [6.07, 6.45) is 12.8. The largest absolute Gasteiger partial charge is 0.335 e. The molecule has 3 heteroatoms. The zero-order valence-electron chi connectivity index (χ0n) is 12.5. The van der Waals surface area contributed by atoms with E-state index in [0.29, 0.717) is 5.92 Å². The van der Waals surface area contributed by atoms with Gasteiger partial charge in [0.05, 0.1) is 0 Å². The molecular weight excluding hydrogens is 234 g/mol. The summed E-state index contributed by atoms with van der Waals surface area (Å²) in [5, 5.41) is 0. The average molecular weight is 263 g/mol. The van der Waals surface area contributed by atoms with Crippen LogP contribution in [-0.4, -0.2) is 15.6 Å². The quantitative estimate of drug-likeness (QED) is 0.855. The molecule has 0 bridgehead atoms. The molecule has 19 heavy (non-hydrogen) atoms. The second kappa shape index (κ2) is 7.09. The van der Waals surface area contributed by atoms with Crippen LogP contribution in [-0.2, 0) is 13.0 Å². The van der Waals surface area contributed by atoms with Crippen molar-refractivity contribution in [2.75, 3.05) is 0 Å². The Labute approximate surface area is 117 Å². The van der Waals surface area contributed by atoms with Gasteiger partial charge in [0.15, 0.2) is 0 Å². The van der Waals surface area contributed by atoms with Crippen molar-refractivity contribution in [2.45, 2.75) is 71.4 Å². The number of aromatic nitrogens is 2. The number of hydrogen-bond donors (Lipinski definition) is 1. The summed E-state index contributed by atoms with van der Waals surface area (Å²) in [5.41, 5.74) is 6.44. The first-order valence-electron chi connectivity index (χ1n) is 8.00. The van der Waals surface area contributed by atoms with Crippen LogP contribution in [0.15, 0.2) is 12.4 Å². The van der Waals surface area contributed by atoms with E-state index in [2.05, 4.69) is 29.6 Å². The molecule has 1 unspecified atom stereocenters. The fourth-order valence-corrected chi connectivity index (χ4v) is 3.38. The second-order valence-electron chi connectivity index (χ2n) is 6.09. The lowest BCUT2D eigenvalue weighted by molar-refractivity contribution is 0.236. The van der Waals surface area contributed by atoms with E-state index >= 15 is 0 Å². The van der Waals surface area contributed by atoms with Gasteiger partial charge in [-0.1, -0.05) is 33.1 Å². The zero-order chi connectivity index (χ0) is 13.7. The summed E-state index contributed by atoms with van der Waals surface area (Å²) in [5.74, 6) is 2.83. The molecule has 0 amide bonds. The number of imidazole rings is 1. The molecule has 0 saturated heterocycles. The summed E-state index contributed by atoms with van der Waals surface area (Å²) in [6.45, 7) is 5.58. The first-order chi connectivity index (χ1) is 9.24. The number of aryl methyl sites for hydroxylation is 1. The van der Waals surface area contributed by atoms with Crippen LogP contribution in [0.25, 0.3) is 0 Å². The topological polar surface area (TPSA) is 43.8 Å². The number of hydrogen-bond acceptors (Lipinski definition) is 2.